The monoisotopic (exact) mass is 269 g/mol. The number of amides is 1. The van der Waals surface area contributed by atoms with Crippen LogP contribution in [-0.4, -0.2) is 11.6 Å². The summed E-state index contributed by atoms with van der Waals surface area (Å²) in [6, 6.07) is 19.0. The summed E-state index contributed by atoms with van der Waals surface area (Å²) in [7, 11) is 0. The smallest absolute Gasteiger partial charge is 0.253 e. The Balaban J connectivity index is 1.92. The molecule has 3 heteroatoms. The number of rotatable bonds is 5. The third-order valence-electron chi connectivity index (χ3n) is 2.89. The van der Waals surface area contributed by atoms with E-state index in [2.05, 4.69) is 5.32 Å². The van der Waals surface area contributed by atoms with Crippen molar-refractivity contribution in [1.29, 1.82) is 0 Å². The minimum atomic E-state index is -0.719. The van der Waals surface area contributed by atoms with Crippen molar-refractivity contribution in [1.82, 2.24) is 5.32 Å². The van der Waals surface area contributed by atoms with Crippen LogP contribution in [0.3, 0.4) is 0 Å². The first-order valence-corrected chi connectivity index (χ1v) is 6.62. The van der Waals surface area contributed by atoms with E-state index >= 15 is 0 Å². The molecule has 0 spiro atoms. The van der Waals surface area contributed by atoms with Crippen LogP contribution in [0.1, 0.15) is 29.8 Å². The Labute approximate surface area is 119 Å². The molecule has 0 radical (unpaired) electrons. The summed E-state index contributed by atoms with van der Waals surface area (Å²) in [6.45, 7) is 4.15. The van der Waals surface area contributed by atoms with Gasteiger partial charge in [-0.2, -0.15) is 0 Å². The molecule has 1 N–H and O–H groups in total. The highest BCUT2D eigenvalue weighted by Gasteiger charge is 2.21. The van der Waals surface area contributed by atoms with Gasteiger partial charge in [0.2, 0.25) is 0 Å². The van der Waals surface area contributed by atoms with E-state index in [-0.39, 0.29) is 5.91 Å². The van der Waals surface area contributed by atoms with Crippen molar-refractivity contribution in [2.45, 2.75) is 26.2 Å². The van der Waals surface area contributed by atoms with E-state index in [0.717, 1.165) is 5.56 Å². The molecule has 0 unspecified atom stereocenters. The molecule has 0 atom stereocenters. The first kappa shape index (κ1) is 14.3. The lowest BCUT2D eigenvalue weighted by molar-refractivity contribution is -0.0477. The zero-order valence-electron chi connectivity index (χ0n) is 11.8. The molecule has 0 saturated heterocycles. The molecule has 104 valence electrons. The molecule has 1 amide bonds. The minimum absolute atomic E-state index is 0.135. The predicted molar refractivity (Wildman–Crippen MR) is 79.2 cm³/mol. The van der Waals surface area contributed by atoms with Crippen LogP contribution in [0.4, 0.5) is 0 Å². The molecule has 20 heavy (non-hydrogen) atoms. The van der Waals surface area contributed by atoms with Gasteiger partial charge in [0.25, 0.3) is 5.91 Å². The van der Waals surface area contributed by atoms with Crippen LogP contribution in [0.15, 0.2) is 60.7 Å². The second-order valence-corrected chi connectivity index (χ2v) is 5.10. The second kappa shape index (κ2) is 6.35. The number of hydrogen-bond donors (Lipinski definition) is 1. The molecule has 3 nitrogen and oxygen atoms in total. The van der Waals surface area contributed by atoms with E-state index in [0.29, 0.717) is 12.2 Å². The summed E-state index contributed by atoms with van der Waals surface area (Å²) in [5, 5.41) is 2.88. The van der Waals surface area contributed by atoms with Crippen molar-refractivity contribution < 1.29 is 9.53 Å². The minimum Gasteiger partial charge on any atom is -0.352 e. The maximum atomic E-state index is 12.1. The lowest BCUT2D eigenvalue weighted by atomic mass is 10.2. The van der Waals surface area contributed by atoms with Gasteiger partial charge in [0.05, 0.1) is 6.61 Å². The third-order valence-corrected chi connectivity index (χ3v) is 2.89. The topological polar surface area (TPSA) is 38.3 Å². The van der Waals surface area contributed by atoms with Gasteiger partial charge in [-0.15, -0.1) is 0 Å². The van der Waals surface area contributed by atoms with E-state index < -0.39 is 5.72 Å². The number of ether oxygens (including phenoxy) is 1. The SMILES string of the molecule is CC(C)(NC(=O)c1ccccc1)OCc1ccccc1. The summed E-state index contributed by atoms with van der Waals surface area (Å²) in [6.07, 6.45) is 0. The van der Waals surface area contributed by atoms with Crippen LogP contribution >= 0.6 is 0 Å². The molecule has 0 aromatic heterocycles. The molecular weight excluding hydrogens is 250 g/mol. The summed E-state index contributed by atoms with van der Waals surface area (Å²) in [5.41, 5.74) is 0.987. The van der Waals surface area contributed by atoms with Gasteiger partial charge in [0.1, 0.15) is 5.72 Å². The van der Waals surface area contributed by atoms with Gasteiger partial charge in [-0.3, -0.25) is 4.79 Å². The standard InChI is InChI=1S/C17H19NO2/c1-17(2,20-13-14-9-5-3-6-10-14)18-16(19)15-11-7-4-8-12-15/h3-12H,13H2,1-2H3,(H,18,19). The van der Waals surface area contributed by atoms with Gasteiger partial charge in [-0.1, -0.05) is 48.5 Å². The van der Waals surface area contributed by atoms with Crippen LogP contribution in [0.5, 0.6) is 0 Å². The van der Waals surface area contributed by atoms with Crippen LogP contribution < -0.4 is 5.32 Å². The van der Waals surface area contributed by atoms with E-state index in [1.807, 2.05) is 62.4 Å². The summed E-state index contributed by atoms with van der Waals surface area (Å²) in [5.74, 6) is -0.135. The normalized spacial score (nSPS) is 11.1. The lowest BCUT2D eigenvalue weighted by Crippen LogP contribution is -2.45. The van der Waals surface area contributed by atoms with Gasteiger partial charge in [-0.05, 0) is 31.5 Å². The van der Waals surface area contributed by atoms with Crippen LogP contribution in [0, 0.1) is 0 Å². The van der Waals surface area contributed by atoms with Crippen molar-refractivity contribution in [3.05, 3.63) is 71.8 Å². The van der Waals surface area contributed by atoms with Gasteiger partial charge < -0.3 is 10.1 Å². The highest BCUT2D eigenvalue weighted by Crippen LogP contribution is 2.11. The van der Waals surface area contributed by atoms with Crippen molar-refractivity contribution in [2.75, 3.05) is 0 Å². The molecule has 0 aliphatic rings. The number of carbonyl (C=O) groups excluding carboxylic acids is 1. The molecule has 2 aromatic rings. The highest BCUT2D eigenvalue weighted by atomic mass is 16.5. The molecule has 0 bridgehead atoms. The van der Waals surface area contributed by atoms with Gasteiger partial charge in [0.15, 0.2) is 0 Å². The van der Waals surface area contributed by atoms with E-state index in [1.165, 1.54) is 0 Å². The Morgan fingerprint density at radius 2 is 1.55 bits per heavy atom. The Morgan fingerprint density at radius 1 is 1.00 bits per heavy atom. The van der Waals surface area contributed by atoms with Crippen LogP contribution in [0.25, 0.3) is 0 Å². The molecule has 0 aliphatic carbocycles. The van der Waals surface area contributed by atoms with Crippen molar-refractivity contribution >= 4 is 5.91 Å². The Bertz CT molecular complexity index is 550. The molecule has 2 rings (SSSR count). The Morgan fingerprint density at radius 3 is 2.15 bits per heavy atom. The quantitative estimate of drug-likeness (QED) is 0.845. The number of carbonyl (C=O) groups is 1. The fraction of sp³-hybridized carbons (Fsp3) is 0.235. The molecule has 0 aliphatic heterocycles. The largest absolute Gasteiger partial charge is 0.352 e. The third kappa shape index (κ3) is 4.21. The summed E-state index contributed by atoms with van der Waals surface area (Å²) >= 11 is 0. The fourth-order valence-corrected chi connectivity index (χ4v) is 1.81. The van der Waals surface area contributed by atoms with Crippen LogP contribution in [0.2, 0.25) is 0 Å². The average Bonchev–Trinajstić information content (AvgIpc) is 2.47. The number of benzene rings is 2. The van der Waals surface area contributed by atoms with Crippen molar-refractivity contribution in [2.24, 2.45) is 0 Å². The lowest BCUT2D eigenvalue weighted by Gasteiger charge is -2.26. The first-order chi connectivity index (χ1) is 9.57. The molecule has 2 aromatic carbocycles. The summed E-state index contributed by atoms with van der Waals surface area (Å²) in [4.78, 5) is 12.1. The van der Waals surface area contributed by atoms with E-state index in [1.54, 1.807) is 12.1 Å². The Hall–Kier alpha value is -2.13. The van der Waals surface area contributed by atoms with Gasteiger partial charge >= 0.3 is 0 Å². The number of hydrogen-bond acceptors (Lipinski definition) is 2. The molecule has 0 saturated carbocycles. The maximum Gasteiger partial charge on any atom is 0.253 e. The first-order valence-electron chi connectivity index (χ1n) is 6.62. The van der Waals surface area contributed by atoms with Gasteiger partial charge in [0, 0.05) is 5.56 Å². The van der Waals surface area contributed by atoms with Crippen LogP contribution in [-0.2, 0) is 11.3 Å². The maximum absolute atomic E-state index is 12.1. The molecule has 0 fully saturated rings. The number of nitrogens with one attached hydrogen (secondary N) is 1. The molecule has 0 heterocycles. The highest BCUT2D eigenvalue weighted by molar-refractivity contribution is 5.94. The zero-order valence-corrected chi connectivity index (χ0v) is 11.8. The second-order valence-electron chi connectivity index (χ2n) is 5.10. The van der Waals surface area contributed by atoms with E-state index in [9.17, 15) is 4.79 Å². The zero-order chi connectivity index (χ0) is 14.4. The van der Waals surface area contributed by atoms with Gasteiger partial charge in [-0.25, -0.2) is 0 Å². The van der Waals surface area contributed by atoms with Crippen molar-refractivity contribution in [3.8, 4) is 0 Å². The van der Waals surface area contributed by atoms with E-state index in [4.69, 9.17) is 4.74 Å². The Kier molecular flexibility index (Phi) is 4.53. The fourth-order valence-electron chi connectivity index (χ4n) is 1.81. The predicted octanol–water partition coefficient (Wildman–Crippen LogP) is 3.37. The van der Waals surface area contributed by atoms with Crippen molar-refractivity contribution in [3.63, 3.8) is 0 Å². The molecular formula is C17H19NO2. The average molecular weight is 269 g/mol. The summed E-state index contributed by atoms with van der Waals surface area (Å²) < 4.78 is 5.78.